The minimum Gasteiger partial charge on any atom is -0.296 e. The maximum atomic E-state index is 11.1. The predicted octanol–water partition coefficient (Wildman–Crippen LogP) is 0.756. The van der Waals surface area contributed by atoms with E-state index in [4.69, 9.17) is 11.6 Å². The first-order valence-corrected chi connectivity index (χ1v) is 6.93. The lowest BCUT2D eigenvalue weighted by molar-refractivity contribution is 0.288. The SMILES string of the molecule is O=S1CCN(Cc2nnsc2Cl)CC1. The van der Waals surface area contributed by atoms with Gasteiger partial charge in [0, 0.05) is 53.5 Å². The molecule has 1 aromatic rings. The Bertz CT molecular complexity index is 333. The molecule has 4 nitrogen and oxygen atoms in total. The third-order valence-electron chi connectivity index (χ3n) is 2.15. The van der Waals surface area contributed by atoms with Crippen molar-refractivity contribution < 1.29 is 4.21 Å². The molecule has 1 aromatic heterocycles. The molecule has 0 unspecified atom stereocenters. The summed E-state index contributed by atoms with van der Waals surface area (Å²) in [7, 11) is -0.623. The van der Waals surface area contributed by atoms with Crippen LogP contribution in [0.1, 0.15) is 5.69 Å². The van der Waals surface area contributed by atoms with Crippen LogP contribution in [0.2, 0.25) is 4.34 Å². The van der Waals surface area contributed by atoms with Gasteiger partial charge < -0.3 is 0 Å². The molecular formula is C7H10ClN3OS2. The van der Waals surface area contributed by atoms with Crippen LogP contribution in [0.3, 0.4) is 0 Å². The normalized spacial score (nSPS) is 20.1. The van der Waals surface area contributed by atoms with Gasteiger partial charge in [-0.05, 0) is 0 Å². The molecule has 0 atom stereocenters. The van der Waals surface area contributed by atoms with Crippen LogP contribution in [-0.4, -0.2) is 43.3 Å². The summed E-state index contributed by atoms with van der Waals surface area (Å²) in [6.07, 6.45) is 0. The summed E-state index contributed by atoms with van der Waals surface area (Å²) in [6, 6.07) is 0. The lowest BCUT2D eigenvalue weighted by atomic mass is 10.4. The maximum absolute atomic E-state index is 11.1. The average molecular weight is 252 g/mol. The monoisotopic (exact) mass is 251 g/mol. The van der Waals surface area contributed by atoms with E-state index in [1.807, 2.05) is 0 Å². The Morgan fingerprint density at radius 3 is 2.79 bits per heavy atom. The van der Waals surface area contributed by atoms with Crippen LogP contribution < -0.4 is 0 Å². The van der Waals surface area contributed by atoms with Crippen LogP contribution >= 0.6 is 23.1 Å². The lowest BCUT2D eigenvalue weighted by Crippen LogP contribution is -2.37. The van der Waals surface area contributed by atoms with E-state index >= 15 is 0 Å². The number of hydrogen-bond donors (Lipinski definition) is 0. The Morgan fingerprint density at radius 1 is 1.50 bits per heavy atom. The van der Waals surface area contributed by atoms with E-state index < -0.39 is 10.8 Å². The van der Waals surface area contributed by atoms with Gasteiger partial charge in [0.15, 0.2) is 0 Å². The van der Waals surface area contributed by atoms with Crippen LogP contribution in [-0.2, 0) is 17.3 Å². The van der Waals surface area contributed by atoms with Crippen molar-refractivity contribution in [2.24, 2.45) is 0 Å². The zero-order valence-electron chi connectivity index (χ0n) is 7.48. The Hall–Kier alpha value is -0.0400. The summed E-state index contributed by atoms with van der Waals surface area (Å²) >= 11 is 7.11. The first kappa shape index (κ1) is 10.5. The van der Waals surface area contributed by atoms with Gasteiger partial charge in [-0.1, -0.05) is 16.1 Å². The van der Waals surface area contributed by atoms with E-state index in [0.717, 1.165) is 36.8 Å². The van der Waals surface area contributed by atoms with E-state index in [1.54, 1.807) is 0 Å². The van der Waals surface area contributed by atoms with Crippen LogP contribution in [0.25, 0.3) is 0 Å². The number of nitrogens with zero attached hydrogens (tertiary/aromatic N) is 3. The minimum atomic E-state index is -0.623. The van der Waals surface area contributed by atoms with Gasteiger partial charge in [0.1, 0.15) is 10.0 Å². The lowest BCUT2D eigenvalue weighted by Gasteiger charge is -2.24. The summed E-state index contributed by atoms with van der Waals surface area (Å²) in [5, 5.41) is 3.95. The minimum absolute atomic E-state index is 0.623. The molecule has 1 fully saturated rings. The molecule has 0 aromatic carbocycles. The van der Waals surface area contributed by atoms with E-state index in [9.17, 15) is 4.21 Å². The van der Waals surface area contributed by atoms with Crippen molar-refractivity contribution in [2.75, 3.05) is 24.6 Å². The zero-order valence-corrected chi connectivity index (χ0v) is 9.87. The van der Waals surface area contributed by atoms with Gasteiger partial charge in [0.05, 0.1) is 0 Å². The second-order valence-corrected chi connectivity index (χ2v) is 6.17. The standard InChI is InChI=1S/C7H10ClN3OS2/c8-7-6(9-10-13-7)5-11-1-3-14(12)4-2-11/h1-5H2. The Labute approximate surface area is 93.9 Å². The molecule has 0 N–H and O–H groups in total. The molecule has 2 heterocycles. The highest BCUT2D eigenvalue weighted by Gasteiger charge is 2.17. The molecule has 0 bridgehead atoms. The van der Waals surface area contributed by atoms with Gasteiger partial charge in [0.25, 0.3) is 0 Å². The first-order chi connectivity index (χ1) is 6.75. The molecule has 0 saturated carbocycles. The Kier molecular flexibility index (Phi) is 3.48. The Morgan fingerprint density at radius 2 is 2.21 bits per heavy atom. The van der Waals surface area contributed by atoms with Crippen LogP contribution in [0.15, 0.2) is 0 Å². The van der Waals surface area contributed by atoms with Gasteiger partial charge in [-0.25, -0.2) is 0 Å². The van der Waals surface area contributed by atoms with Gasteiger partial charge >= 0.3 is 0 Å². The molecule has 7 heteroatoms. The molecule has 0 amide bonds. The maximum Gasteiger partial charge on any atom is 0.138 e. The highest BCUT2D eigenvalue weighted by Crippen LogP contribution is 2.19. The molecule has 0 aliphatic carbocycles. The number of hydrogen-bond acceptors (Lipinski definition) is 5. The second kappa shape index (κ2) is 4.65. The van der Waals surface area contributed by atoms with Gasteiger partial charge in [-0.3, -0.25) is 9.11 Å². The van der Waals surface area contributed by atoms with Crippen molar-refractivity contribution in [3.05, 3.63) is 10.0 Å². The Balaban J connectivity index is 1.92. The first-order valence-electron chi connectivity index (χ1n) is 4.30. The summed E-state index contributed by atoms with van der Waals surface area (Å²) < 4.78 is 15.5. The quantitative estimate of drug-likeness (QED) is 0.779. The van der Waals surface area contributed by atoms with Gasteiger partial charge in [-0.2, -0.15) is 0 Å². The predicted molar refractivity (Wildman–Crippen MR) is 58.1 cm³/mol. The fourth-order valence-electron chi connectivity index (χ4n) is 1.34. The average Bonchev–Trinajstić information content (AvgIpc) is 2.56. The van der Waals surface area contributed by atoms with Gasteiger partial charge in [0.2, 0.25) is 0 Å². The van der Waals surface area contributed by atoms with E-state index in [0.29, 0.717) is 4.34 Å². The fourth-order valence-corrected chi connectivity index (χ4v) is 3.08. The molecule has 0 spiro atoms. The summed E-state index contributed by atoms with van der Waals surface area (Å²) in [5.74, 6) is 1.52. The third-order valence-corrected chi connectivity index (χ3v) is 4.41. The molecule has 78 valence electrons. The third kappa shape index (κ3) is 2.50. The summed E-state index contributed by atoms with van der Waals surface area (Å²) in [5.41, 5.74) is 0.837. The molecule has 2 rings (SSSR count). The van der Waals surface area contributed by atoms with E-state index in [-0.39, 0.29) is 0 Å². The molecule has 14 heavy (non-hydrogen) atoms. The van der Waals surface area contributed by atoms with Crippen molar-refractivity contribution in [3.8, 4) is 0 Å². The van der Waals surface area contributed by atoms with Crippen LogP contribution in [0.5, 0.6) is 0 Å². The highest BCUT2D eigenvalue weighted by molar-refractivity contribution is 7.85. The number of halogens is 1. The highest BCUT2D eigenvalue weighted by atomic mass is 35.5. The van der Waals surface area contributed by atoms with Crippen molar-refractivity contribution in [2.45, 2.75) is 6.54 Å². The summed E-state index contributed by atoms with van der Waals surface area (Å²) in [4.78, 5) is 2.21. The van der Waals surface area contributed by atoms with Crippen molar-refractivity contribution in [3.63, 3.8) is 0 Å². The van der Waals surface area contributed by atoms with E-state index in [1.165, 1.54) is 11.5 Å². The van der Waals surface area contributed by atoms with Crippen LogP contribution in [0, 0.1) is 0 Å². The van der Waals surface area contributed by atoms with Crippen molar-refractivity contribution in [1.29, 1.82) is 0 Å². The number of rotatable bonds is 2. The molecule has 1 saturated heterocycles. The fraction of sp³-hybridized carbons (Fsp3) is 0.714. The van der Waals surface area contributed by atoms with Crippen molar-refractivity contribution in [1.82, 2.24) is 14.5 Å². The summed E-state index contributed by atoms with van der Waals surface area (Å²) in [6.45, 7) is 2.45. The van der Waals surface area contributed by atoms with Crippen LogP contribution in [0.4, 0.5) is 0 Å². The zero-order chi connectivity index (χ0) is 9.97. The molecule has 1 aliphatic heterocycles. The molecule has 0 radical (unpaired) electrons. The van der Waals surface area contributed by atoms with E-state index in [2.05, 4.69) is 14.5 Å². The molecular weight excluding hydrogens is 242 g/mol. The number of aromatic nitrogens is 2. The largest absolute Gasteiger partial charge is 0.296 e. The molecule has 1 aliphatic rings. The second-order valence-electron chi connectivity index (χ2n) is 3.12. The topological polar surface area (TPSA) is 46.1 Å². The van der Waals surface area contributed by atoms with Gasteiger partial charge in [-0.15, -0.1) is 5.10 Å². The van der Waals surface area contributed by atoms with Crippen molar-refractivity contribution >= 4 is 33.9 Å². The smallest absolute Gasteiger partial charge is 0.138 e.